The molecule has 1 saturated carbocycles. The van der Waals surface area contributed by atoms with E-state index in [4.69, 9.17) is 18.9 Å². The van der Waals surface area contributed by atoms with Gasteiger partial charge in [-0.3, -0.25) is 0 Å². The van der Waals surface area contributed by atoms with Crippen molar-refractivity contribution in [3.63, 3.8) is 0 Å². The zero-order valence-corrected chi connectivity index (χ0v) is 16.5. The SMILES string of the molecule is CCOC(=O)NCCOC1O[C@@H]2OC(C)(O)CCC3CCCC([C@H]1C)[C@]32O. The molecular weight excluding hydrogens is 354 g/mol. The molecule has 8 nitrogen and oxygen atoms in total. The Kier molecular flexibility index (Phi) is 6.32. The molecule has 0 aromatic carbocycles. The summed E-state index contributed by atoms with van der Waals surface area (Å²) in [6, 6.07) is 0. The Morgan fingerprint density at radius 2 is 2.07 bits per heavy atom. The summed E-state index contributed by atoms with van der Waals surface area (Å²) >= 11 is 0. The second kappa shape index (κ2) is 8.21. The monoisotopic (exact) mass is 387 g/mol. The number of aliphatic hydroxyl groups is 2. The van der Waals surface area contributed by atoms with Crippen LogP contribution in [0.4, 0.5) is 4.79 Å². The lowest BCUT2D eigenvalue weighted by Gasteiger charge is -2.55. The molecule has 0 aromatic heterocycles. The first-order valence-electron chi connectivity index (χ1n) is 10.1. The minimum absolute atomic E-state index is 0.0214. The highest BCUT2D eigenvalue weighted by molar-refractivity contribution is 5.66. The molecule has 27 heavy (non-hydrogen) atoms. The van der Waals surface area contributed by atoms with E-state index >= 15 is 0 Å². The van der Waals surface area contributed by atoms with Gasteiger partial charge in [-0.25, -0.2) is 4.79 Å². The van der Waals surface area contributed by atoms with E-state index in [1.165, 1.54) is 0 Å². The van der Waals surface area contributed by atoms with E-state index in [1.807, 2.05) is 6.92 Å². The first kappa shape index (κ1) is 20.8. The van der Waals surface area contributed by atoms with Crippen molar-refractivity contribution in [3.8, 4) is 0 Å². The molecule has 4 unspecified atom stereocenters. The van der Waals surface area contributed by atoms with Gasteiger partial charge in [-0.2, -0.15) is 0 Å². The number of carbonyl (C=O) groups excluding carboxylic acids is 1. The molecule has 3 N–H and O–H groups in total. The van der Waals surface area contributed by atoms with E-state index in [0.29, 0.717) is 26.0 Å². The molecular formula is C19H33NO7. The van der Waals surface area contributed by atoms with Crippen LogP contribution in [0.2, 0.25) is 0 Å². The molecule has 1 aliphatic carbocycles. The third-order valence-electron chi connectivity index (χ3n) is 6.26. The topological polar surface area (TPSA) is 106 Å². The van der Waals surface area contributed by atoms with Gasteiger partial charge < -0.3 is 34.5 Å². The van der Waals surface area contributed by atoms with Gasteiger partial charge in [-0.1, -0.05) is 13.3 Å². The van der Waals surface area contributed by atoms with Gasteiger partial charge in [-0.05, 0) is 39.0 Å². The molecule has 3 fully saturated rings. The maximum atomic E-state index is 11.6. The van der Waals surface area contributed by atoms with Crippen LogP contribution in [-0.4, -0.2) is 60.0 Å². The van der Waals surface area contributed by atoms with Crippen LogP contribution >= 0.6 is 0 Å². The van der Waals surface area contributed by atoms with Gasteiger partial charge in [0, 0.05) is 24.8 Å². The Morgan fingerprint density at radius 3 is 2.81 bits per heavy atom. The van der Waals surface area contributed by atoms with Gasteiger partial charge in [0.2, 0.25) is 0 Å². The van der Waals surface area contributed by atoms with Crippen LogP contribution < -0.4 is 5.32 Å². The fourth-order valence-corrected chi connectivity index (χ4v) is 4.88. The summed E-state index contributed by atoms with van der Waals surface area (Å²) in [6.07, 6.45) is 2.02. The van der Waals surface area contributed by atoms with Crippen LogP contribution in [0.15, 0.2) is 0 Å². The van der Waals surface area contributed by atoms with Crippen molar-refractivity contribution in [2.24, 2.45) is 17.8 Å². The first-order chi connectivity index (χ1) is 12.8. The smallest absolute Gasteiger partial charge is 0.407 e. The predicted molar refractivity (Wildman–Crippen MR) is 95.5 cm³/mol. The molecule has 0 aromatic rings. The van der Waals surface area contributed by atoms with Gasteiger partial charge in [-0.15, -0.1) is 0 Å². The molecule has 2 heterocycles. The highest BCUT2D eigenvalue weighted by Crippen LogP contribution is 2.54. The number of carbonyl (C=O) groups is 1. The third kappa shape index (κ3) is 4.24. The number of amides is 1. The normalized spacial score (nSPS) is 44.1. The molecule has 2 saturated heterocycles. The minimum Gasteiger partial charge on any atom is -0.450 e. The van der Waals surface area contributed by atoms with Crippen molar-refractivity contribution >= 4 is 6.09 Å². The summed E-state index contributed by atoms with van der Waals surface area (Å²) in [5, 5.41) is 24.7. The quantitative estimate of drug-likeness (QED) is 0.617. The number of rotatable bonds is 5. The molecule has 1 amide bonds. The summed E-state index contributed by atoms with van der Waals surface area (Å²) < 4.78 is 22.5. The predicted octanol–water partition coefficient (Wildman–Crippen LogP) is 1.73. The van der Waals surface area contributed by atoms with E-state index in [0.717, 1.165) is 19.3 Å². The van der Waals surface area contributed by atoms with E-state index in [9.17, 15) is 15.0 Å². The van der Waals surface area contributed by atoms with E-state index in [1.54, 1.807) is 13.8 Å². The van der Waals surface area contributed by atoms with E-state index in [-0.39, 0.29) is 24.4 Å². The molecule has 156 valence electrons. The van der Waals surface area contributed by atoms with Crippen molar-refractivity contribution in [2.45, 2.75) is 76.8 Å². The van der Waals surface area contributed by atoms with Crippen LogP contribution in [0, 0.1) is 17.8 Å². The highest BCUT2D eigenvalue weighted by atomic mass is 16.8. The maximum absolute atomic E-state index is 11.6. The van der Waals surface area contributed by atoms with Crippen LogP contribution in [-0.2, 0) is 18.9 Å². The molecule has 8 heteroatoms. The average molecular weight is 387 g/mol. The largest absolute Gasteiger partial charge is 0.450 e. The molecule has 3 rings (SSSR count). The van der Waals surface area contributed by atoms with Gasteiger partial charge in [0.25, 0.3) is 0 Å². The summed E-state index contributed by atoms with van der Waals surface area (Å²) in [5.74, 6) is -1.34. The zero-order valence-electron chi connectivity index (χ0n) is 16.5. The molecule has 7 atom stereocenters. The van der Waals surface area contributed by atoms with E-state index < -0.39 is 30.1 Å². The summed E-state index contributed by atoms with van der Waals surface area (Å²) in [5.41, 5.74) is -1.11. The van der Waals surface area contributed by atoms with Crippen molar-refractivity contribution in [2.75, 3.05) is 19.8 Å². The summed E-state index contributed by atoms with van der Waals surface area (Å²) in [7, 11) is 0. The first-order valence-corrected chi connectivity index (χ1v) is 10.1. The number of hydrogen-bond acceptors (Lipinski definition) is 7. The lowest BCUT2D eigenvalue weighted by molar-refractivity contribution is -0.405. The fraction of sp³-hybridized carbons (Fsp3) is 0.947. The Morgan fingerprint density at radius 1 is 1.30 bits per heavy atom. The standard InChI is InChI=1S/C19H33NO7/c1-4-24-17(21)20-10-11-25-15-12(2)14-7-5-6-13-8-9-18(3,22)27-16(26-15)19(13,14)23/h12-16,22-23H,4-11H2,1-3H3,(H,20,21)/t12-,13?,14?,15?,16-,18?,19-/m1/s1. The fourth-order valence-electron chi connectivity index (χ4n) is 4.88. The minimum atomic E-state index is -1.33. The number of nitrogens with one attached hydrogen (secondary N) is 1. The Hall–Kier alpha value is -0.930. The second-order valence-electron chi connectivity index (χ2n) is 8.17. The Labute approximate surface area is 160 Å². The summed E-state index contributed by atoms with van der Waals surface area (Å²) in [6.45, 7) is 6.25. The van der Waals surface area contributed by atoms with Crippen molar-refractivity contribution < 1.29 is 34.0 Å². The van der Waals surface area contributed by atoms with Crippen molar-refractivity contribution in [1.29, 1.82) is 0 Å². The Bertz CT molecular complexity index is 528. The maximum Gasteiger partial charge on any atom is 0.407 e. The van der Waals surface area contributed by atoms with Crippen LogP contribution in [0.1, 0.15) is 52.9 Å². The second-order valence-corrected chi connectivity index (χ2v) is 8.17. The highest BCUT2D eigenvalue weighted by Gasteiger charge is 2.62. The number of ether oxygens (including phenoxy) is 4. The lowest BCUT2D eigenvalue weighted by Crippen LogP contribution is -2.65. The van der Waals surface area contributed by atoms with Crippen molar-refractivity contribution in [3.05, 3.63) is 0 Å². The zero-order chi connectivity index (χ0) is 19.7. The van der Waals surface area contributed by atoms with Crippen LogP contribution in [0.25, 0.3) is 0 Å². The average Bonchev–Trinajstić information content (AvgIpc) is 2.70. The molecule has 0 spiro atoms. The molecule has 0 radical (unpaired) electrons. The molecule has 0 bridgehead atoms. The van der Waals surface area contributed by atoms with Gasteiger partial charge in [0.1, 0.15) is 5.60 Å². The van der Waals surface area contributed by atoms with Gasteiger partial charge in [0.15, 0.2) is 18.4 Å². The van der Waals surface area contributed by atoms with E-state index in [2.05, 4.69) is 5.32 Å². The third-order valence-corrected chi connectivity index (χ3v) is 6.26. The lowest BCUT2D eigenvalue weighted by atomic mass is 9.61. The molecule has 3 aliphatic rings. The van der Waals surface area contributed by atoms with Crippen LogP contribution in [0.5, 0.6) is 0 Å². The number of hydrogen-bond donors (Lipinski definition) is 3. The van der Waals surface area contributed by atoms with Gasteiger partial charge >= 0.3 is 6.09 Å². The van der Waals surface area contributed by atoms with Crippen LogP contribution in [0.3, 0.4) is 0 Å². The van der Waals surface area contributed by atoms with Crippen molar-refractivity contribution in [1.82, 2.24) is 5.32 Å². The Balaban J connectivity index is 1.66. The number of alkyl carbamates (subject to hydrolysis) is 1. The summed E-state index contributed by atoms with van der Waals surface area (Å²) in [4.78, 5) is 11.3. The molecule has 2 aliphatic heterocycles. The van der Waals surface area contributed by atoms with Gasteiger partial charge in [0.05, 0.1) is 13.2 Å².